The van der Waals surface area contributed by atoms with Crippen LogP contribution < -0.4 is 10.6 Å². The molecule has 2 aromatic carbocycles. The topological polar surface area (TPSA) is 82.0 Å². The molecule has 0 radical (unpaired) electrons. The van der Waals surface area contributed by atoms with Gasteiger partial charge in [-0.15, -0.1) is 0 Å². The summed E-state index contributed by atoms with van der Waals surface area (Å²) in [6.45, 7) is 3.42. The van der Waals surface area contributed by atoms with Crippen molar-refractivity contribution >= 4 is 17.5 Å². The lowest BCUT2D eigenvalue weighted by atomic mass is 10.0. The van der Waals surface area contributed by atoms with Crippen molar-refractivity contribution in [3.8, 4) is 6.07 Å². The maximum atomic E-state index is 12.3. The molecule has 0 aliphatic carbocycles. The molecule has 0 aromatic heterocycles. The number of amides is 2. The zero-order chi connectivity index (χ0) is 18.2. The fourth-order valence-corrected chi connectivity index (χ4v) is 2.49. The van der Waals surface area contributed by atoms with Crippen LogP contribution in [0.1, 0.15) is 36.1 Å². The van der Waals surface area contributed by atoms with E-state index in [1.165, 1.54) is 6.92 Å². The van der Waals surface area contributed by atoms with Gasteiger partial charge in [0, 0.05) is 12.6 Å². The Hall–Kier alpha value is -3.13. The fraction of sp³-hybridized carbons (Fsp3) is 0.250. The van der Waals surface area contributed by atoms with Gasteiger partial charge < -0.3 is 10.6 Å². The Bertz CT molecular complexity index is 774. The van der Waals surface area contributed by atoms with E-state index in [1.54, 1.807) is 12.1 Å². The molecule has 0 bridgehead atoms. The van der Waals surface area contributed by atoms with E-state index in [4.69, 9.17) is 5.26 Å². The number of aryl methyl sites for hydroxylation is 1. The van der Waals surface area contributed by atoms with E-state index in [2.05, 4.69) is 16.7 Å². The SMILES string of the molecule is CC(=O)NC(CC(=O)Nc1ccc(CC#N)cc1)c1ccc(C)cc1. The van der Waals surface area contributed by atoms with Crippen molar-refractivity contribution in [2.75, 3.05) is 5.32 Å². The van der Waals surface area contributed by atoms with Gasteiger partial charge in [-0.1, -0.05) is 42.0 Å². The molecular weight excluding hydrogens is 314 g/mol. The van der Waals surface area contributed by atoms with Gasteiger partial charge in [0.15, 0.2) is 0 Å². The smallest absolute Gasteiger partial charge is 0.226 e. The summed E-state index contributed by atoms with van der Waals surface area (Å²) < 4.78 is 0. The molecule has 0 saturated carbocycles. The number of nitrogens with one attached hydrogen (secondary N) is 2. The number of nitriles is 1. The Morgan fingerprint density at radius 3 is 2.28 bits per heavy atom. The lowest BCUT2D eigenvalue weighted by Crippen LogP contribution is -2.29. The van der Waals surface area contributed by atoms with E-state index < -0.39 is 0 Å². The number of hydrogen-bond acceptors (Lipinski definition) is 3. The van der Waals surface area contributed by atoms with Crippen LogP contribution in [0.3, 0.4) is 0 Å². The highest BCUT2D eigenvalue weighted by Crippen LogP contribution is 2.19. The third-order valence-electron chi connectivity index (χ3n) is 3.77. The summed E-state index contributed by atoms with van der Waals surface area (Å²) in [7, 11) is 0. The van der Waals surface area contributed by atoms with Crippen molar-refractivity contribution in [3.05, 3.63) is 65.2 Å². The molecule has 1 unspecified atom stereocenters. The number of hydrogen-bond donors (Lipinski definition) is 2. The van der Waals surface area contributed by atoms with Gasteiger partial charge in [0.25, 0.3) is 0 Å². The van der Waals surface area contributed by atoms with Gasteiger partial charge in [0.1, 0.15) is 0 Å². The number of nitrogens with zero attached hydrogens (tertiary/aromatic N) is 1. The van der Waals surface area contributed by atoms with Crippen LogP contribution in [0.25, 0.3) is 0 Å². The molecule has 0 heterocycles. The molecule has 25 heavy (non-hydrogen) atoms. The monoisotopic (exact) mass is 335 g/mol. The van der Waals surface area contributed by atoms with E-state index in [1.807, 2.05) is 43.3 Å². The van der Waals surface area contributed by atoms with Gasteiger partial charge in [-0.05, 0) is 30.2 Å². The van der Waals surface area contributed by atoms with Crippen LogP contribution in [-0.2, 0) is 16.0 Å². The molecule has 0 aliphatic heterocycles. The first-order chi connectivity index (χ1) is 12.0. The minimum absolute atomic E-state index is 0.141. The Balaban J connectivity index is 2.04. The second kappa shape index (κ2) is 8.65. The minimum Gasteiger partial charge on any atom is -0.349 e. The molecule has 0 saturated heterocycles. The summed E-state index contributed by atoms with van der Waals surface area (Å²) in [6.07, 6.45) is 0.481. The van der Waals surface area contributed by atoms with E-state index >= 15 is 0 Å². The van der Waals surface area contributed by atoms with E-state index in [9.17, 15) is 9.59 Å². The number of anilines is 1. The van der Waals surface area contributed by atoms with Gasteiger partial charge in [-0.2, -0.15) is 5.26 Å². The molecular formula is C20H21N3O2. The highest BCUT2D eigenvalue weighted by molar-refractivity contribution is 5.91. The highest BCUT2D eigenvalue weighted by atomic mass is 16.2. The highest BCUT2D eigenvalue weighted by Gasteiger charge is 2.17. The van der Waals surface area contributed by atoms with E-state index in [0.29, 0.717) is 12.1 Å². The van der Waals surface area contributed by atoms with Crippen LogP contribution in [0.15, 0.2) is 48.5 Å². The summed E-state index contributed by atoms with van der Waals surface area (Å²) >= 11 is 0. The molecule has 5 heteroatoms. The average Bonchev–Trinajstić information content (AvgIpc) is 2.56. The normalized spacial score (nSPS) is 11.2. The molecule has 2 N–H and O–H groups in total. The quantitative estimate of drug-likeness (QED) is 0.850. The average molecular weight is 335 g/mol. The van der Waals surface area contributed by atoms with Crippen LogP contribution in [0.5, 0.6) is 0 Å². The minimum atomic E-state index is -0.379. The molecule has 1 atom stereocenters. The van der Waals surface area contributed by atoms with Crippen molar-refractivity contribution in [1.29, 1.82) is 5.26 Å². The van der Waals surface area contributed by atoms with E-state index in [-0.39, 0.29) is 24.3 Å². The van der Waals surface area contributed by atoms with Crippen LogP contribution >= 0.6 is 0 Å². The Morgan fingerprint density at radius 1 is 1.08 bits per heavy atom. The molecule has 2 amide bonds. The van der Waals surface area contributed by atoms with Gasteiger partial charge in [0.2, 0.25) is 11.8 Å². The van der Waals surface area contributed by atoms with Crippen LogP contribution in [0, 0.1) is 18.3 Å². The molecule has 5 nitrogen and oxygen atoms in total. The summed E-state index contributed by atoms with van der Waals surface area (Å²) in [6, 6.07) is 16.6. The predicted octanol–water partition coefficient (Wildman–Crippen LogP) is 3.27. The third kappa shape index (κ3) is 5.78. The van der Waals surface area contributed by atoms with Crippen LogP contribution in [0.4, 0.5) is 5.69 Å². The lowest BCUT2D eigenvalue weighted by Gasteiger charge is -2.18. The van der Waals surface area contributed by atoms with E-state index in [0.717, 1.165) is 16.7 Å². The molecule has 0 spiro atoms. The van der Waals surface area contributed by atoms with Gasteiger partial charge in [-0.3, -0.25) is 9.59 Å². The van der Waals surface area contributed by atoms with Gasteiger partial charge in [-0.25, -0.2) is 0 Å². The van der Waals surface area contributed by atoms with Crippen LogP contribution in [0.2, 0.25) is 0 Å². The van der Waals surface area contributed by atoms with Gasteiger partial charge in [0.05, 0.1) is 25.0 Å². The van der Waals surface area contributed by atoms with Gasteiger partial charge >= 0.3 is 0 Å². The Morgan fingerprint density at radius 2 is 1.72 bits per heavy atom. The van der Waals surface area contributed by atoms with Crippen molar-refractivity contribution in [2.45, 2.75) is 32.7 Å². The molecule has 2 rings (SSSR count). The number of benzene rings is 2. The maximum Gasteiger partial charge on any atom is 0.226 e. The second-order valence-corrected chi connectivity index (χ2v) is 5.95. The van der Waals surface area contributed by atoms with Crippen molar-refractivity contribution in [1.82, 2.24) is 5.32 Å². The zero-order valence-electron chi connectivity index (χ0n) is 14.4. The first-order valence-corrected chi connectivity index (χ1v) is 8.07. The molecule has 0 fully saturated rings. The summed E-state index contributed by atoms with van der Waals surface area (Å²) in [5.74, 6) is -0.369. The van der Waals surface area contributed by atoms with Crippen molar-refractivity contribution in [2.24, 2.45) is 0 Å². The Labute approximate surface area is 147 Å². The standard InChI is InChI=1S/C20H21N3O2/c1-14-3-7-17(8-4-14)19(22-15(2)24)13-20(25)23-18-9-5-16(6-10-18)11-12-21/h3-10,19H,11,13H2,1-2H3,(H,22,24)(H,23,25). The molecule has 2 aromatic rings. The van der Waals surface area contributed by atoms with Crippen molar-refractivity contribution in [3.63, 3.8) is 0 Å². The summed E-state index contributed by atoms with van der Waals surface area (Å²) in [5, 5.41) is 14.3. The second-order valence-electron chi connectivity index (χ2n) is 5.95. The zero-order valence-corrected chi connectivity index (χ0v) is 14.4. The summed E-state index contributed by atoms with van der Waals surface area (Å²) in [5.41, 5.74) is 3.57. The molecule has 0 aliphatic rings. The number of rotatable bonds is 6. The number of carbonyl (C=O) groups excluding carboxylic acids is 2. The summed E-state index contributed by atoms with van der Waals surface area (Å²) in [4.78, 5) is 23.8. The molecule has 128 valence electrons. The van der Waals surface area contributed by atoms with Crippen LogP contribution in [-0.4, -0.2) is 11.8 Å². The number of carbonyl (C=O) groups is 2. The predicted molar refractivity (Wildman–Crippen MR) is 96.7 cm³/mol. The maximum absolute atomic E-state index is 12.3. The first-order valence-electron chi connectivity index (χ1n) is 8.07. The lowest BCUT2D eigenvalue weighted by molar-refractivity contribution is -0.120. The third-order valence-corrected chi connectivity index (χ3v) is 3.77. The van der Waals surface area contributed by atoms with Crippen molar-refractivity contribution < 1.29 is 9.59 Å². The first kappa shape index (κ1) is 18.2. The Kier molecular flexibility index (Phi) is 6.30. The largest absolute Gasteiger partial charge is 0.349 e. The fourth-order valence-electron chi connectivity index (χ4n) is 2.49.